The van der Waals surface area contributed by atoms with E-state index >= 15 is 0 Å². The van der Waals surface area contributed by atoms with E-state index < -0.39 is 10.0 Å². The number of nitrogens with zero attached hydrogens (tertiary/aromatic N) is 3. The van der Waals surface area contributed by atoms with Crippen LogP contribution in [0.15, 0.2) is 48.5 Å². The number of carbonyl (C=O) groups is 1. The number of aromatic nitrogens is 2. The van der Waals surface area contributed by atoms with E-state index in [4.69, 9.17) is 11.6 Å². The Morgan fingerprint density at radius 2 is 1.70 bits per heavy atom. The molecule has 174 valence electrons. The molecule has 0 unspecified atom stereocenters. The Morgan fingerprint density at radius 1 is 1.03 bits per heavy atom. The number of piperidine rings is 1. The SMILES string of the molecule is Cc1c(C(=O)NN2CCCCC2)nn(-c2ccc(Cl)cc2)c1-c1ccccc1NS(C)(=O)=O. The number of hydrogen-bond acceptors (Lipinski definition) is 5. The summed E-state index contributed by atoms with van der Waals surface area (Å²) in [4.78, 5) is 13.2. The fraction of sp³-hybridized carbons (Fsp3) is 0.304. The van der Waals surface area contributed by atoms with E-state index in [9.17, 15) is 13.2 Å². The maximum atomic E-state index is 13.2. The highest BCUT2D eigenvalue weighted by molar-refractivity contribution is 7.92. The van der Waals surface area contributed by atoms with Crippen LogP contribution in [0.1, 0.15) is 35.3 Å². The molecular weight excluding hydrogens is 462 g/mol. The summed E-state index contributed by atoms with van der Waals surface area (Å²) in [5.74, 6) is -0.295. The Morgan fingerprint density at radius 3 is 2.36 bits per heavy atom. The monoisotopic (exact) mass is 487 g/mol. The first-order valence-electron chi connectivity index (χ1n) is 10.7. The third-order valence-corrected chi connectivity index (χ3v) is 6.34. The molecule has 1 amide bonds. The van der Waals surface area contributed by atoms with Crippen molar-refractivity contribution < 1.29 is 13.2 Å². The van der Waals surface area contributed by atoms with E-state index in [1.54, 1.807) is 47.1 Å². The summed E-state index contributed by atoms with van der Waals surface area (Å²) in [6, 6.07) is 14.1. The molecule has 1 aliphatic heterocycles. The van der Waals surface area contributed by atoms with E-state index in [2.05, 4.69) is 15.2 Å². The summed E-state index contributed by atoms with van der Waals surface area (Å²) in [5.41, 5.74) is 6.22. The van der Waals surface area contributed by atoms with Gasteiger partial charge in [-0.05, 0) is 50.1 Å². The zero-order chi connectivity index (χ0) is 23.6. The second-order valence-electron chi connectivity index (χ2n) is 8.12. The van der Waals surface area contributed by atoms with Crippen molar-refractivity contribution in [3.8, 4) is 16.9 Å². The number of para-hydroxylation sites is 1. The van der Waals surface area contributed by atoms with Crippen LogP contribution in [0.5, 0.6) is 0 Å². The number of sulfonamides is 1. The van der Waals surface area contributed by atoms with Gasteiger partial charge >= 0.3 is 0 Å². The molecule has 0 radical (unpaired) electrons. The summed E-state index contributed by atoms with van der Waals surface area (Å²) in [5, 5.41) is 7.14. The molecule has 8 nitrogen and oxygen atoms in total. The summed E-state index contributed by atoms with van der Waals surface area (Å²) >= 11 is 6.07. The van der Waals surface area contributed by atoms with Gasteiger partial charge in [-0.1, -0.05) is 36.2 Å². The van der Waals surface area contributed by atoms with Gasteiger partial charge in [0.25, 0.3) is 5.91 Å². The predicted molar refractivity (Wildman–Crippen MR) is 130 cm³/mol. The number of anilines is 1. The number of hydrazine groups is 1. The lowest BCUT2D eigenvalue weighted by molar-refractivity contribution is 0.0743. The van der Waals surface area contributed by atoms with E-state index in [1.165, 1.54) is 0 Å². The number of benzene rings is 2. The molecule has 2 heterocycles. The average Bonchev–Trinajstić information content (AvgIpc) is 3.11. The van der Waals surface area contributed by atoms with Gasteiger partial charge in [-0.15, -0.1) is 0 Å². The van der Waals surface area contributed by atoms with Crippen molar-refractivity contribution in [1.29, 1.82) is 0 Å². The van der Waals surface area contributed by atoms with Crippen molar-refractivity contribution in [3.63, 3.8) is 0 Å². The molecule has 33 heavy (non-hydrogen) atoms. The number of hydrogen-bond donors (Lipinski definition) is 2. The van der Waals surface area contributed by atoms with Gasteiger partial charge in [-0.3, -0.25) is 14.9 Å². The molecule has 1 saturated heterocycles. The fourth-order valence-corrected chi connectivity index (χ4v) is 4.68. The number of rotatable bonds is 6. The lowest BCUT2D eigenvalue weighted by atomic mass is 10.0. The minimum absolute atomic E-state index is 0.277. The first-order chi connectivity index (χ1) is 15.7. The van der Waals surface area contributed by atoms with Crippen molar-refractivity contribution in [2.75, 3.05) is 24.1 Å². The van der Waals surface area contributed by atoms with Crippen LogP contribution in [-0.2, 0) is 10.0 Å². The molecule has 0 aliphatic carbocycles. The van der Waals surface area contributed by atoms with Crippen LogP contribution in [0.3, 0.4) is 0 Å². The Hall–Kier alpha value is -2.88. The first-order valence-corrected chi connectivity index (χ1v) is 13.0. The second kappa shape index (κ2) is 9.54. The third kappa shape index (κ3) is 5.38. The topological polar surface area (TPSA) is 96.3 Å². The standard InChI is InChI=1S/C23H26ClN5O3S/c1-16-21(23(30)26-28-14-6-3-7-15-28)25-29(18-12-10-17(24)11-13-18)22(16)19-8-4-5-9-20(19)27-33(2,31)32/h4-5,8-13,27H,3,6-7,14-15H2,1-2H3,(H,26,30). The van der Waals surface area contributed by atoms with E-state index in [-0.39, 0.29) is 11.6 Å². The number of amides is 1. The Bertz CT molecular complexity index is 1270. The second-order valence-corrected chi connectivity index (χ2v) is 10.3. The summed E-state index contributed by atoms with van der Waals surface area (Å²) in [7, 11) is -3.52. The minimum atomic E-state index is -3.52. The normalized spacial score (nSPS) is 14.8. The van der Waals surface area contributed by atoms with Gasteiger partial charge < -0.3 is 0 Å². The number of nitrogens with one attached hydrogen (secondary N) is 2. The molecule has 0 spiro atoms. The number of halogens is 1. The molecule has 1 aliphatic rings. The lowest BCUT2D eigenvalue weighted by Crippen LogP contribution is -2.45. The summed E-state index contributed by atoms with van der Waals surface area (Å²) in [6.45, 7) is 3.42. The van der Waals surface area contributed by atoms with Gasteiger partial charge in [0.1, 0.15) is 0 Å². The highest BCUT2D eigenvalue weighted by Gasteiger charge is 2.25. The molecule has 10 heteroatoms. The zero-order valence-corrected chi connectivity index (χ0v) is 20.1. The first kappa shape index (κ1) is 23.3. The molecule has 2 aromatic carbocycles. The molecule has 4 rings (SSSR count). The Kier molecular flexibility index (Phi) is 6.73. The van der Waals surface area contributed by atoms with Crippen molar-refractivity contribution in [2.45, 2.75) is 26.2 Å². The largest absolute Gasteiger partial charge is 0.286 e. The highest BCUT2D eigenvalue weighted by atomic mass is 35.5. The predicted octanol–water partition coefficient (Wildman–Crippen LogP) is 4.00. The van der Waals surface area contributed by atoms with Gasteiger partial charge in [-0.25, -0.2) is 18.1 Å². The van der Waals surface area contributed by atoms with Crippen molar-refractivity contribution in [3.05, 3.63) is 64.8 Å². The lowest BCUT2D eigenvalue weighted by Gasteiger charge is -2.26. The molecule has 3 aromatic rings. The van der Waals surface area contributed by atoms with Crippen LogP contribution in [0.2, 0.25) is 5.02 Å². The van der Waals surface area contributed by atoms with E-state index in [0.29, 0.717) is 33.2 Å². The Balaban J connectivity index is 1.83. The Labute approximate surface area is 198 Å². The number of carbonyl (C=O) groups excluding carboxylic acids is 1. The maximum Gasteiger partial charge on any atom is 0.286 e. The summed E-state index contributed by atoms with van der Waals surface area (Å²) in [6.07, 6.45) is 4.33. The third-order valence-electron chi connectivity index (χ3n) is 5.50. The molecule has 0 bridgehead atoms. The maximum absolute atomic E-state index is 13.2. The molecule has 1 aromatic heterocycles. The van der Waals surface area contributed by atoms with Crippen LogP contribution in [0.4, 0.5) is 5.69 Å². The molecule has 0 atom stereocenters. The quantitative estimate of drug-likeness (QED) is 0.547. The van der Waals surface area contributed by atoms with Gasteiger partial charge in [0, 0.05) is 29.2 Å². The molecule has 2 N–H and O–H groups in total. The molecular formula is C23H26ClN5O3S. The minimum Gasteiger partial charge on any atom is -0.283 e. The van der Waals surface area contributed by atoms with Gasteiger partial charge in [0.15, 0.2) is 5.69 Å². The average molecular weight is 488 g/mol. The van der Waals surface area contributed by atoms with Crippen molar-refractivity contribution >= 4 is 33.2 Å². The van der Waals surface area contributed by atoms with Gasteiger partial charge in [0.05, 0.1) is 23.3 Å². The molecule has 0 saturated carbocycles. The van der Waals surface area contributed by atoms with Crippen LogP contribution in [0, 0.1) is 6.92 Å². The van der Waals surface area contributed by atoms with Crippen LogP contribution in [-0.4, -0.2) is 48.5 Å². The van der Waals surface area contributed by atoms with E-state index in [0.717, 1.165) is 38.6 Å². The smallest absolute Gasteiger partial charge is 0.283 e. The molecule has 1 fully saturated rings. The van der Waals surface area contributed by atoms with Crippen molar-refractivity contribution in [1.82, 2.24) is 20.2 Å². The van der Waals surface area contributed by atoms with E-state index in [1.807, 2.05) is 18.0 Å². The fourth-order valence-electron chi connectivity index (χ4n) is 3.98. The highest BCUT2D eigenvalue weighted by Crippen LogP contribution is 2.34. The van der Waals surface area contributed by atoms with Crippen LogP contribution < -0.4 is 10.1 Å². The van der Waals surface area contributed by atoms with Gasteiger partial charge in [-0.2, -0.15) is 5.10 Å². The zero-order valence-electron chi connectivity index (χ0n) is 18.5. The van der Waals surface area contributed by atoms with Crippen molar-refractivity contribution in [2.24, 2.45) is 0 Å². The van der Waals surface area contributed by atoms with Crippen LogP contribution in [0.25, 0.3) is 16.9 Å². The summed E-state index contributed by atoms with van der Waals surface area (Å²) < 4.78 is 28.2. The van der Waals surface area contributed by atoms with Crippen LogP contribution >= 0.6 is 11.6 Å². The van der Waals surface area contributed by atoms with Gasteiger partial charge in [0.2, 0.25) is 10.0 Å².